The van der Waals surface area contributed by atoms with E-state index in [4.69, 9.17) is 9.15 Å². The second kappa shape index (κ2) is 6.49. The van der Waals surface area contributed by atoms with Gasteiger partial charge in [0, 0.05) is 19.3 Å². The van der Waals surface area contributed by atoms with Gasteiger partial charge in [0.15, 0.2) is 0 Å². The number of ether oxygens (including phenoxy) is 1. The van der Waals surface area contributed by atoms with Gasteiger partial charge in [0.25, 0.3) is 5.91 Å². The number of amides is 1. The zero-order chi connectivity index (χ0) is 15.4. The molecule has 0 fully saturated rings. The van der Waals surface area contributed by atoms with Gasteiger partial charge in [0.05, 0.1) is 18.4 Å². The molecule has 0 spiro atoms. The zero-order valence-corrected chi connectivity index (χ0v) is 12.4. The third-order valence-corrected chi connectivity index (χ3v) is 3.58. The molecular weight excluding hydrogens is 280 g/mol. The molecule has 1 aliphatic rings. The van der Waals surface area contributed by atoms with Gasteiger partial charge in [-0.05, 0) is 36.4 Å². The molecule has 1 atom stereocenters. The fourth-order valence-electron chi connectivity index (χ4n) is 2.47. The topological polar surface area (TPSA) is 54.7 Å². The van der Waals surface area contributed by atoms with Crippen molar-refractivity contribution >= 4 is 17.7 Å². The molecule has 1 aromatic carbocycles. The summed E-state index contributed by atoms with van der Waals surface area (Å²) >= 11 is 0. The van der Waals surface area contributed by atoms with Gasteiger partial charge in [0.2, 0.25) is 0 Å². The van der Waals surface area contributed by atoms with Crippen LogP contribution in [0.4, 0.5) is 5.69 Å². The van der Waals surface area contributed by atoms with E-state index in [1.54, 1.807) is 18.3 Å². The smallest absolute Gasteiger partial charge is 0.257 e. The SMILES string of the molecule is COCCN1C(=O)c2ccccc2N[C@@H]1/C=C\c1ccco1. The quantitative estimate of drug-likeness (QED) is 0.922. The Morgan fingerprint density at radius 2 is 2.18 bits per heavy atom. The van der Waals surface area contributed by atoms with Gasteiger partial charge in [-0.25, -0.2) is 0 Å². The molecule has 0 radical (unpaired) electrons. The van der Waals surface area contributed by atoms with Crippen molar-refractivity contribution in [1.82, 2.24) is 4.90 Å². The highest BCUT2D eigenvalue weighted by Gasteiger charge is 2.29. The van der Waals surface area contributed by atoms with Crippen molar-refractivity contribution in [3.05, 3.63) is 60.1 Å². The number of para-hydroxylation sites is 1. The largest absolute Gasteiger partial charge is 0.465 e. The fraction of sp³-hybridized carbons (Fsp3) is 0.235. The standard InChI is InChI=1S/C17H18N2O3/c1-21-12-10-19-16(9-8-13-5-4-11-22-13)18-15-7-3-2-6-14(15)17(19)20/h2-9,11,16,18H,10,12H2,1H3/b9-8-/t16-/m0/s1. The van der Waals surface area contributed by atoms with E-state index in [0.717, 1.165) is 11.4 Å². The molecule has 0 bridgehead atoms. The van der Waals surface area contributed by atoms with Crippen molar-refractivity contribution in [2.75, 3.05) is 25.6 Å². The Bertz CT molecular complexity index is 664. The van der Waals surface area contributed by atoms with E-state index in [2.05, 4.69) is 5.32 Å². The first-order valence-electron chi connectivity index (χ1n) is 7.17. The van der Waals surface area contributed by atoms with Crippen LogP contribution < -0.4 is 5.32 Å². The van der Waals surface area contributed by atoms with Gasteiger partial charge in [0.1, 0.15) is 11.9 Å². The monoisotopic (exact) mass is 298 g/mol. The second-order valence-electron chi connectivity index (χ2n) is 5.00. The minimum atomic E-state index is -0.234. The highest BCUT2D eigenvalue weighted by atomic mass is 16.5. The van der Waals surface area contributed by atoms with Crippen LogP contribution in [-0.4, -0.2) is 37.2 Å². The summed E-state index contributed by atoms with van der Waals surface area (Å²) in [5.41, 5.74) is 1.52. The molecule has 1 aliphatic heterocycles. The summed E-state index contributed by atoms with van der Waals surface area (Å²) in [6, 6.07) is 11.2. The van der Waals surface area contributed by atoms with Crippen molar-refractivity contribution in [2.24, 2.45) is 0 Å². The fourth-order valence-corrected chi connectivity index (χ4v) is 2.47. The van der Waals surface area contributed by atoms with Crippen molar-refractivity contribution in [3.63, 3.8) is 0 Å². The number of rotatable bonds is 5. The predicted molar refractivity (Wildman–Crippen MR) is 84.5 cm³/mol. The molecule has 1 N–H and O–H groups in total. The first-order valence-corrected chi connectivity index (χ1v) is 7.17. The molecule has 5 nitrogen and oxygen atoms in total. The van der Waals surface area contributed by atoms with Crippen LogP contribution in [0.5, 0.6) is 0 Å². The molecule has 2 heterocycles. The van der Waals surface area contributed by atoms with Gasteiger partial charge >= 0.3 is 0 Å². The van der Waals surface area contributed by atoms with E-state index < -0.39 is 0 Å². The van der Waals surface area contributed by atoms with Gasteiger partial charge in [-0.15, -0.1) is 0 Å². The molecule has 1 aromatic heterocycles. The van der Waals surface area contributed by atoms with Crippen molar-refractivity contribution < 1.29 is 13.9 Å². The lowest BCUT2D eigenvalue weighted by Gasteiger charge is -2.36. The number of carbonyl (C=O) groups is 1. The number of hydrogen-bond acceptors (Lipinski definition) is 4. The normalized spacial score (nSPS) is 17.6. The number of nitrogens with zero attached hydrogens (tertiary/aromatic N) is 1. The number of methoxy groups -OCH3 is 1. The Kier molecular flexibility index (Phi) is 4.25. The number of hydrogen-bond donors (Lipinski definition) is 1. The Balaban J connectivity index is 1.87. The molecule has 0 saturated heterocycles. The zero-order valence-electron chi connectivity index (χ0n) is 12.4. The van der Waals surface area contributed by atoms with Crippen molar-refractivity contribution in [2.45, 2.75) is 6.17 Å². The van der Waals surface area contributed by atoms with Crippen LogP contribution >= 0.6 is 0 Å². The predicted octanol–water partition coefficient (Wildman–Crippen LogP) is 2.83. The van der Waals surface area contributed by atoms with Crippen LogP contribution in [0.3, 0.4) is 0 Å². The first kappa shape index (κ1) is 14.4. The molecule has 22 heavy (non-hydrogen) atoms. The molecular formula is C17H18N2O3. The summed E-state index contributed by atoms with van der Waals surface area (Å²) in [6.07, 6.45) is 5.17. The highest BCUT2D eigenvalue weighted by molar-refractivity contribution is 6.01. The Labute approximate surface area is 129 Å². The van der Waals surface area contributed by atoms with Crippen LogP contribution in [0.15, 0.2) is 53.2 Å². The maximum Gasteiger partial charge on any atom is 0.257 e. The molecule has 1 amide bonds. The lowest BCUT2D eigenvalue weighted by atomic mass is 10.1. The number of benzene rings is 1. The Morgan fingerprint density at radius 1 is 1.32 bits per heavy atom. The average molecular weight is 298 g/mol. The number of carbonyl (C=O) groups excluding carboxylic acids is 1. The third kappa shape index (κ3) is 2.89. The van der Waals surface area contributed by atoms with Crippen LogP contribution in [0.2, 0.25) is 0 Å². The summed E-state index contributed by atoms with van der Waals surface area (Å²) in [4.78, 5) is 14.4. The molecule has 0 saturated carbocycles. The van der Waals surface area contributed by atoms with Crippen molar-refractivity contribution in [3.8, 4) is 0 Å². The number of furan rings is 1. The second-order valence-corrected chi connectivity index (χ2v) is 5.00. The summed E-state index contributed by atoms with van der Waals surface area (Å²) in [6.45, 7) is 1.00. The van der Waals surface area contributed by atoms with E-state index in [1.165, 1.54) is 0 Å². The minimum Gasteiger partial charge on any atom is -0.465 e. The lowest BCUT2D eigenvalue weighted by Crippen LogP contribution is -2.49. The van der Waals surface area contributed by atoms with Crippen LogP contribution in [-0.2, 0) is 4.74 Å². The maximum absolute atomic E-state index is 12.7. The van der Waals surface area contributed by atoms with Crippen LogP contribution in [0, 0.1) is 0 Å². The highest BCUT2D eigenvalue weighted by Crippen LogP contribution is 2.25. The summed E-state index contributed by atoms with van der Waals surface area (Å²) in [5.74, 6) is 0.750. The molecule has 0 aliphatic carbocycles. The van der Waals surface area contributed by atoms with Gasteiger partial charge in [-0.2, -0.15) is 0 Å². The van der Waals surface area contributed by atoms with E-state index >= 15 is 0 Å². The lowest BCUT2D eigenvalue weighted by molar-refractivity contribution is 0.0650. The van der Waals surface area contributed by atoms with E-state index in [-0.39, 0.29) is 12.1 Å². The molecule has 114 valence electrons. The minimum absolute atomic E-state index is 0.000458. The average Bonchev–Trinajstić information content (AvgIpc) is 3.06. The van der Waals surface area contributed by atoms with Crippen molar-refractivity contribution in [1.29, 1.82) is 0 Å². The molecule has 0 unspecified atom stereocenters. The number of fused-ring (bicyclic) bond motifs is 1. The summed E-state index contributed by atoms with van der Waals surface area (Å²) in [5, 5.41) is 3.37. The van der Waals surface area contributed by atoms with Gasteiger partial charge in [-0.3, -0.25) is 4.79 Å². The number of nitrogens with one attached hydrogen (secondary N) is 1. The van der Waals surface area contributed by atoms with E-state index in [0.29, 0.717) is 18.7 Å². The van der Waals surface area contributed by atoms with Gasteiger partial charge in [-0.1, -0.05) is 12.1 Å². The number of anilines is 1. The summed E-state index contributed by atoms with van der Waals surface area (Å²) in [7, 11) is 1.63. The Hall–Kier alpha value is -2.53. The first-order chi connectivity index (χ1) is 10.8. The third-order valence-electron chi connectivity index (χ3n) is 3.58. The molecule has 5 heteroatoms. The maximum atomic E-state index is 12.7. The van der Waals surface area contributed by atoms with Crippen LogP contribution in [0.1, 0.15) is 16.1 Å². The Morgan fingerprint density at radius 3 is 2.95 bits per heavy atom. The van der Waals surface area contributed by atoms with Crippen LogP contribution in [0.25, 0.3) is 6.08 Å². The van der Waals surface area contributed by atoms with E-state index in [9.17, 15) is 4.79 Å². The van der Waals surface area contributed by atoms with E-state index in [1.807, 2.05) is 48.6 Å². The molecule has 2 aromatic rings. The van der Waals surface area contributed by atoms with Gasteiger partial charge < -0.3 is 19.4 Å². The molecule has 3 rings (SSSR count). The summed E-state index contributed by atoms with van der Waals surface area (Å²) < 4.78 is 10.4.